The highest BCUT2D eigenvalue weighted by Gasteiger charge is 2.07. The van der Waals surface area contributed by atoms with Crippen molar-refractivity contribution in [2.24, 2.45) is 7.05 Å². The fourth-order valence-corrected chi connectivity index (χ4v) is 2.27. The number of aryl methyl sites for hydroxylation is 1. The van der Waals surface area contributed by atoms with E-state index in [1.54, 1.807) is 17.7 Å². The summed E-state index contributed by atoms with van der Waals surface area (Å²) in [5.74, 6) is 0. The summed E-state index contributed by atoms with van der Waals surface area (Å²) in [6.07, 6.45) is 0. The van der Waals surface area contributed by atoms with Crippen LogP contribution in [-0.4, -0.2) is 10.0 Å². The standard InChI is InChI=1S/C16H13NO.H2O/c1-17-15-10-6-5-9-13(15)14(11-16(17)18)12-7-3-2-4-8-12;/h2-11H,1H3;1H2. The fourth-order valence-electron chi connectivity index (χ4n) is 2.27. The molecule has 1 aromatic heterocycles. The van der Waals surface area contributed by atoms with E-state index in [1.807, 2.05) is 48.5 Å². The highest BCUT2D eigenvalue weighted by Crippen LogP contribution is 2.26. The quantitative estimate of drug-likeness (QED) is 0.657. The first kappa shape index (κ1) is 13.1. The van der Waals surface area contributed by atoms with Crippen molar-refractivity contribution < 1.29 is 5.48 Å². The van der Waals surface area contributed by atoms with Gasteiger partial charge in [0.25, 0.3) is 5.56 Å². The average Bonchev–Trinajstić information content (AvgIpc) is 2.44. The zero-order valence-corrected chi connectivity index (χ0v) is 10.6. The zero-order valence-electron chi connectivity index (χ0n) is 10.6. The lowest BCUT2D eigenvalue weighted by molar-refractivity contribution is 0.824. The third-order valence-corrected chi connectivity index (χ3v) is 3.24. The molecule has 2 N–H and O–H groups in total. The van der Waals surface area contributed by atoms with Crippen molar-refractivity contribution in [1.29, 1.82) is 0 Å². The van der Waals surface area contributed by atoms with Gasteiger partial charge in [-0.3, -0.25) is 4.79 Å². The first-order chi connectivity index (χ1) is 8.77. The van der Waals surface area contributed by atoms with Crippen LogP contribution in [0.1, 0.15) is 0 Å². The number of para-hydroxylation sites is 1. The molecule has 2 aromatic carbocycles. The first-order valence-corrected chi connectivity index (χ1v) is 5.91. The van der Waals surface area contributed by atoms with Crippen molar-refractivity contribution in [2.75, 3.05) is 0 Å². The van der Waals surface area contributed by atoms with E-state index >= 15 is 0 Å². The molecule has 19 heavy (non-hydrogen) atoms. The Labute approximate surface area is 111 Å². The Morgan fingerprint density at radius 1 is 0.895 bits per heavy atom. The second-order valence-corrected chi connectivity index (χ2v) is 4.34. The molecule has 0 amide bonds. The fraction of sp³-hybridized carbons (Fsp3) is 0.0625. The molecule has 0 unspecified atom stereocenters. The summed E-state index contributed by atoms with van der Waals surface area (Å²) in [4.78, 5) is 12.0. The van der Waals surface area contributed by atoms with Crippen molar-refractivity contribution in [1.82, 2.24) is 4.57 Å². The van der Waals surface area contributed by atoms with E-state index in [9.17, 15) is 4.79 Å². The molecule has 0 bridgehead atoms. The molecule has 3 rings (SSSR count). The van der Waals surface area contributed by atoms with Crippen LogP contribution < -0.4 is 5.56 Å². The topological polar surface area (TPSA) is 53.5 Å². The Morgan fingerprint density at radius 3 is 2.26 bits per heavy atom. The molecule has 0 saturated carbocycles. The predicted molar refractivity (Wildman–Crippen MR) is 78.2 cm³/mol. The highest BCUT2D eigenvalue weighted by atomic mass is 16.1. The molecular weight excluding hydrogens is 238 g/mol. The Kier molecular flexibility index (Phi) is 3.49. The van der Waals surface area contributed by atoms with Crippen LogP contribution in [-0.2, 0) is 7.05 Å². The van der Waals surface area contributed by atoms with Crippen LogP contribution >= 0.6 is 0 Å². The van der Waals surface area contributed by atoms with Gasteiger partial charge in [-0.15, -0.1) is 0 Å². The summed E-state index contributed by atoms with van der Waals surface area (Å²) in [7, 11) is 1.80. The van der Waals surface area contributed by atoms with Crippen LogP contribution in [0.4, 0.5) is 0 Å². The van der Waals surface area contributed by atoms with Crippen LogP contribution in [0.2, 0.25) is 0 Å². The minimum atomic E-state index is 0. The van der Waals surface area contributed by atoms with Crippen LogP contribution in [0, 0.1) is 0 Å². The molecule has 96 valence electrons. The second-order valence-electron chi connectivity index (χ2n) is 4.34. The molecule has 0 spiro atoms. The summed E-state index contributed by atoms with van der Waals surface area (Å²) in [5.41, 5.74) is 3.05. The lowest BCUT2D eigenvalue weighted by Gasteiger charge is -2.10. The number of hydrogen-bond donors (Lipinski definition) is 0. The maximum Gasteiger partial charge on any atom is 0.251 e. The molecule has 1 heterocycles. The number of rotatable bonds is 1. The maximum absolute atomic E-state index is 12.0. The molecule has 0 fully saturated rings. The molecular formula is C16H15NO2. The van der Waals surface area contributed by atoms with E-state index in [0.29, 0.717) is 0 Å². The highest BCUT2D eigenvalue weighted by molar-refractivity contribution is 5.94. The number of hydrogen-bond acceptors (Lipinski definition) is 1. The Balaban J connectivity index is 0.00000133. The second kappa shape index (κ2) is 5.08. The van der Waals surface area contributed by atoms with Gasteiger partial charge in [0.1, 0.15) is 0 Å². The number of pyridine rings is 1. The van der Waals surface area contributed by atoms with Gasteiger partial charge < -0.3 is 10.0 Å². The lowest BCUT2D eigenvalue weighted by atomic mass is 10.0. The van der Waals surface area contributed by atoms with Gasteiger partial charge >= 0.3 is 0 Å². The van der Waals surface area contributed by atoms with E-state index in [1.165, 1.54) is 0 Å². The number of benzene rings is 2. The van der Waals surface area contributed by atoms with E-state index in [-0.39, 0.29) is 11.0 Å². The zero-order chi connectivity index (χ0) is 12.5. The largest absolute Gasteiger partial charge is 0.412 e. The van der Waals surface area contributed by atoms with Crippen molar-refractivity contribution in [3.05, 3.63) is 71.0 Å². The van der Waals surface area contributed by atoms with Crippen LogP contribution in [0.15, 0.2) is 65.5 Å². The molecule has 3 heteroatoms. The monoisotopic (exact) mass is 253 g/mol. The average molecular weight is 253 g/mol. The van der Waals surface area contributed by atoms with Gasteiger partial charge in [-0.05, 0) is 17.2 Å². The molecule has 0 aliphatic rings. The van der Waals surface area contributed by atoms with Gasteiger partial charge in [-0.25, -0.2) is 0 Å². The summed E-state index contributed by atoms with van der Waals surface area (Å²) in [5, 5.41) is 1.10. The minimum Gasteiger partial charge on any atom is -0.412 e. The van der Waals surface area contributed by atoms with Gasteiger partial charge in [-0.2, -0.15) is 0 Å². The SMILES string of the molecule is Cn1c(=O)cc(-c2ccccc2)c2ccccc21.O. The van der Waals surface area contributed by atoms with Gasteiger partial charge in [0, 0.05) is 18.5 Å². The third-order valence-electron chi connectivity index (χ3n) is 3.24. The summed E-state index contributed by atoms with van der Waals surface area (Å²) in [6, 6.07) is 19.7. The van der Waals surface area contributed by atoms with Gasteiger partial charge in [0.2, 0.25) is 0 Å². The first-order valence-electron chi connectivity index (χ1n) is 5.91. The van der Waals surface area contributed by atoms with Crippen molar-refractivity contribution in [3.63, 3.8) is 0 Å². The van der Waals surface area contributed by atoms with Gasteiger partial charge in [0.05, 0.1) is 5.52 Å². The van der Waals surface area contributed by atoms with Gasteiger partial charge in [0.15, 0.2) is 0 Å². The van der Waals surface area contributed by atoms with Crippen LogP contribution in [0.5, 0.6) is 0 Å². The van der Waals surface area contributed by atoms with E-state index in [0.717, 1.165) is 22.0 Å². The summed E-state index contributed by atoms with van der Waals surface area (Å²) >= 11 is 0. The molecule has 0 aliphatic carbocycles. The van der Waals surface area contributed by atoms with E-state index in [2.05, 4.69) is 6.07 Å². The number of aromatic nitrogens is 1. The number of fused-ring (bicyclic) bond motifs is 1. The molecule has 0 saturated heterocycles. The summed E-state index contributed by atoms with van der Waals surface area (Å²) in [6.45, 7) is 0. The molecule has 0 atom stereocenters. The third kappa shape index (κ3) is 2.16. The Hall–Kier alpha value is -2.39. The Morgan fingerprint density at radius 2 is 1.53 bits per heavy atom. The lowest BCUT2D eigenvalue weighted by Crippen LogP contribution is -2.16. The van der Waals surface area contributed by atoms with Crippen molar-refractivity contribution in [2.45, 2.75) is 0 Å². The molecule has 3 nitrogen and oxygen atoms in total. The summed E-state index contributed by atoms with van der Waals surface area (Å²) < 4.78 is 1.68. The van der Waals surface area contributed by atoms with Crippen LogP contribution in [0.25, 0.3) is 22.0 Å². The van der Waals surface area contributed by atoms with Gasteiger partial charge in [-0.1, -0.05) is 48.5 Å². The minimum absolute atomic E-state index is 0. The van der Waals surface area contributed by atoms with E-state index < -0.39 is 0 Å². The molecule has 0 radical (unpaired) electrons. The van der Waals surface area contributed by atoms with Crippen molar-refractivity contribution >= 4 is 10.9 Å². The Bertz CT molecular complexity index is 761. The maximum atomic E-state index is 12.0. The normalized spacial score (nSPS) is 10.2. The van der Waals surface area contributed by atoms with Crippen molar-refractivity contribution in [3.8, 4) is 11.1 Å². The predicted octanol–water partition coefficient (Wildman–Crippen LogP) is 2.38. The molecule has 3 aromatic rings. The smallest absolute Gasteiger partial charge is 0.251 e. The van der Waals surface area contributed by atoms with E-state index in [4.69, 9.17) is 0 Å². The molecule has 0 aliphatic heterocycles. The van der Waals surface area contributed by atoms with Crippen LogP contribution in [0.3, 0.4) is 0 Å². The number of nitrogens with zero attached hydrogens (tertiary/aromatic N) is 1.